The topological polar surface area (TPSA) is 78.3 Å². The van der Waals surface area contributed by atoms with Crippen molar-refractivity contribution in [1.29, 1.82) is 0 Å². The Hall–Kier alpha value is -3.87. The highest BCUT2D eigenvalue weighted by Crippen LogP contribution is 2.36. The van der Waals surface area contributed by atoms with Crippen molar-refractivity contribution in [3.63, 3.8) is 0 Å². The van der Waals surface area contributed by atoms with Crippen molar-refractivity contribution in [3.8, 4) is 22.8 Å². The van der Waals surface area contributed by atoms with Gasteiger partial charge in [0, 0.05) is 24.2 Å². The quantitative estimate of drug-likeness (QED) is 0.594. The highest BCUT2D eigenvalue weighted by molar-refractivity contribution is 6.07. The predicted molar refractivity (Wildman–Crippen MR) is 104 cm³/mol. The number of nitrogens with zero attached hydrogens (tertiary/aromatic N) is 3. The number of ether oxygens (including phenoxy) is 2. The standard InChI is InChI=1S/C21H16N4O3/c1-25-17(14-7-8-18-19(10-14)28-12-27-18)11-16(24-25)21(26)23-15-6-2-4-13-5-3-9-22-20(13)15/h2-11H,12H2,1H3,(H,23,26). The van der Waals surface area contributed by atoms with E-state index < -0.39 is 0 Å². The van der Waals surface area contributed by atoms with E-state index >= 15 is 0 Å². The zero-order valence-corrected chi connectivity index (χ0v) is 15.0. The molecule has 1 N–H and O–H groups in total. The molecule has 1 aliphatic heterocycles. The molecule has 0 radical (unpaired) electrons. The smallest absolute Gasteiger partial charge is 0.276 e. The molecule has 5 rings (SSSR count). The molecular weight excluding hydrogens is 356 g/mol. The average molecular weight is 372 g/mol. The molecule has 0 fully saturated rings. The molecule has 1 amide bonds. The van der Waals surface area contributed by atoms with Gasteiger partial charge in [-0.2, -0.15) is 5.10 Å². The minimum absolute atomic E-state index is 0.219. The zero-order chi connectivity index (χ0) is 19.1. The average Bonchev–Trinajstić information content (AvgIpc) is 3.34. The van der Waals surface area contributed by atoms with Crippen LogP contribution in [0.5, 0.6) is 11.5 Å². The summed E-state index contributed by atoms with van der Waals surface area (Å²) in [5.41, 5.74) is 3.41. The van der Waals surface area contributed by atoms with Gasteiger partial charge < -0.3 is 14.8 Å². The van der Waals surface area contributed by atoms with Crippen molar-refractivity contribution in [1.82, 2.24) is 14.8 Å². The van der Waals surface area contributed by atoms with Gasteiger partial charge in [-0.3, -0.25) is 14.5 Å². The number of hydrogen-bond acceptors (Lipinski definition) is 5. The highest BCUT2D eigenvalue weighted by atomic mass is 16.7. The molecule has 2 aromatic heterocycles. The second kappa shape index (κ2) is 6.38. The number of nitrogens with one attached hydrogen (secondary N) is 1. The van der Waals surface area contributed by atoms with Gasteiger partial charge in [-0.05, 0) is 36.4 Å². The number of carbonyl (C=O) groups is 1. The van der Waals surface area contributed by atoms with E-state index in [9.17, 15) is 4.79 Å². The van der Waals surface area contributed by atoms with Crippen LogP contribution >= 0.6 is 0 Å². The molecule has 3 heterocycles. The number of aromatic nitrogens is 3. The summed E-state index contributed by atoms with van der Waals surface area (Å²) in [6.45, 7) is 0.219. The lowest BCUT2D eigenvalue weighted by atomic mass is 10.1. The number of amides is 1. The summed E-state index contributed by atoms with van der Waals surface area (Å²) in [4.78, 5) is 17.1. The summed E-state index contributed by atoms with van der Waals surface area (Å²) < 4.78 is 12.5. The molecular formula is C21H16N4O3. The molecule has 7 heteroatoms. The summed E-state index contributed by atoms with van der Waals surface area (Å²) in [5, 5.41) is 8.24. The van der Waals surface area contributed by atoms with Gasteiger partial charge >= 0.3 is 0 Å². The first kappa shape index (κ1) is 16.3. The minimum atomic E-state index is -0.291. The van der Waals surface area contributed by atoms with Gasteiger partial charge in [-0.15, -0.1) is 0 Å². The largest absolute Gasteiger partial charge is 0.454 e. The third-order valence-corrected chi connectivity index (χ3v) is 4.66. The maximum atomic E-state index is 12.8. The Morgan fingerprint density at radius 3 is 2.86 bits per heavy atom. The second-order valence-corrected chi connectivity index (χ2v) is 6.44. The first-order valence-electron chi connectivity index (χ1n) is 8.78. The van der Waals surface area contributed by atoms with Crippen LogP contribution in [0.15, 0.2) is 60.8 Å². The highest BCUT2D eigenvalue weighted by Gasteiger charge is 2.18. The second-order valence-electron chi connectivity index (χ2n) is 6.44. The summed E-state index contributed by atoms with van der Waals surface area (Å²) in [5.74, 6) is 1.11. The summed E-state index contributed by atoms with van der Waals surface area (Å²) >= 11 is 0. The lowest BCUT2D eigenvalue weighted by Gasteiger charge is -2.06. The van der Waals surface area contributed by atoms with E-state index in [0.717, 1.165) is 22.2 Å². The van der Waals surface area contributed by atoms with Crippen LogP contribution < -0.4 is 14.8 Å². The van der Waals surface area contributed by atoms with Crippen molar-refractivity contribution >= 4 is 22.5 Å². The fourth-order valence-electron chi connectivity index (χ4n) is 3.30. The number of rotatable bonds is 3. The van der Waals surface area contributed by atoms with Gasteiger partial charge in [0.25, 0.3) is 5.91 Å². The van der Waals surface area contributed by atoms with E-state index in [-0.39, 0.29) is 12.7 Å². The molecule has 0 aliphatic carbocycles. The van der Waals surface area contributed by atoms with Crippen LogP contribution in [0.4, 0.5) is 5.69 Å². The number of benzene rings is 2. The third kappa shape index (κ3) is 2.73. The van der Waals surface area contributed by atoms with E-state index in [0.29, 0.717) is 22.9 Å². The van der Waals surface area contributed by atoms with Gasteiger partial charge in [0.1, 0.15) is 0 Å². The van der Waals surface area contributed by atoms with E-state index in [1.807, 2.05) is 48.5 Å². The van der Waals surface area contributed by atoms with E-state index in [1.165, 1.54) is 0 Å². The van der Waals surface area contributed by atoms with Crippen LogP contribution in [-0.2, 0) is 7.05 Å². The molecule has 0 bridgehead atoms. The van der Waals surface area contributed by atoms with Crippen LogP contribution in [0.25, 0.3) is 22.2 Å². The lowest BCUT2D eigenvalue weighted by Crippen LogP contribution is -2.13. The fraction of sp³-hybridized carbons (Fsp3) is 0.0952. The number of para-hydroxylation sites is 1. The van der Waals surface area contributed by atoms with E-state index in [4.69, 9.17) is 9.47 Å². The summed E-state index contributed by atoms with van der Waals surface area (Å²) in [6, 6.07) is 16.9. The maximum absolute atomic E-state index is 12.8. The summed E-state index contributed by atoms with van der Waals surface area (Å²) in [6.07, 6.45) is 1.70. The van der Waals surface area contributed by atoms with E-state index in [1.54, 1.807) is 24.0 Å². The monoisotopic (exact) mass is 372 g/mol. The minimum Gasteiger partial charge on any atom is -0.454 e. The van der Waals surface area contributed by atoms with Gasteiger partial charge in [0.15, 0.2) is 17.2 Å². The first-order chi connectivity index (χ1) is 13.7. The maximum Gasteiger partial charge on any atom is 0.276 e. The van der Waals surface area contributed by atoms with Gasteiger partial charge in [-0.25, -0.2) is 0 Å². The Morgan fingerprint density at radius 2 is 1.93 bits per heavy atom. The van der Waals surface area contributed by atoms with Gasteiger partial charge in [-0.1, -0.05) is 18.2 Å². The number of anilines is 1. The summed E-state index contributed by atoms with van der Waals surface area (Å²) in [7, 11) is 1.80. The van der Waals surface area contributed by atoms with Gasteiger partial charge in [0.05, 0.1) is 16.9 Å². The molecule has 4 aromatic rings. The van der Waals surface area contributed by atoms with Gasteiger partial charge in [0.2, 0.25) is 6.79 Å². The first-order valence-corrected chi connectivity index (χ1v) is 8.78. The fourth-order valence-corrected chi connectivity index (χ4v) is 3.30. The number of fused-ring (bicyclic) bond motifs is 2. The Kier molecular flexibility index (Phi) is 3.72. The van der Waals surface area contributed by atoms with Crippen LogP contribution in [0, 0.1) is 0 Å². The number of aryl methyl sites for hydroxylation is 1. The molecule has 138 valence electrons. The van der Waals surface area contributed by atoms with Crippen LogP contribution in [0.3, 0.4) is 0 Å². The molecule has 28 heavy (non-hydrogen) atoms. The Bertz CT molecular complexity index is 1210. The van der Waals surface area contributed by atoms with Crippen LogP contribution in [0.1, 0.15) is 10.5 Å². The Morgan fingerprint density at radius 1 is 1.07 bits per heavy atom. The zero-order valence-electron chi connectivity index (χ0n) is 15.0. The van der Waals surface area contributed by atoms with Crippen molar-refractivity contribution in [2.75, 3.05) is 12.1 Å². The Labute approximate surface area is 160 Å². The molecule has 2 aromatic carbocycles. The Balaban J connectivity index is 1.45. The molecule has 0 unspecified atom stereocenters. The molecule has 7 nitrogen and oxygen atoms in total. The molecule has 0 atom stereocenters. The number of pyridine rings is 1. The van der Waals surface area contributed by atoms with Crippen molar-refractivity contribution in [2.24, 2.45) is 7.05 Å². The normalized spacial score (nSPS) is 12.3. The van der Waals surface area contributed by atoms with Crippen LogP contribution in [0.2, 0.25) is 0 Å². The predicted octanol–water partition coefficient (Wildman–Crippen LogP) is 3.62. The van der Waals surface area contributed by atoms with Crippen molar-refractivity contribution in [3.05, 3.63) is 66.5 Å². The lowest BCUT2D eigenvalue weighted by molar-refractivity contribution is 0.102. The third-order valence-electron chi connectivity index (χ3n) is 4.66. The molecule has 0 saturated heterocycles. The molecule has 1 aliphatic rings. The van der Waals surface area contributed by atoms with E-state index in [2.05, 4.69) is 15.4 Å². The molecule has 0 saturated carbocycles. The number of carbonyl (C=O) groups excluding carboxylic acids is 1. The van der Waals surface area contributed by atoms with Crippen molar-refractivity contribution in [2.45, 2.75) is 0 Å². The molecule has 0 spiro atoms. The van der Waals surface area contributed by atoms with Crippen LogP contribution in [-0.4, -0.2) is 27.5 Å². The SMILES string of the molecule is Cn1nc(C(=O)Nc2cccc3cccnc23)cc1-c1ccc2c(c1)OCO2. The number of hydrogen-bond donors (Lipinski definition) is 1. The van der Waals surface area contributed by atoms with Crippen molar-refractivity contribution < 1.29 is 14.3 Å².